The molecule has 0 aromatic heterocycles. The van der Waals surface area contributed by atoms with Crippen molar-refractivity contribution in [2.45, 2.75) is 16.7 Å². The van der Waals surface area contributed by atoms with Crippen LogP contribution in [0.25, 0.3) is 0 Å². The van der Waals surface area contributed by atoms with Crippen LogP contribution in [0.3, 0.4) is 0 Å². The van der Waals surface area contributed by atoms with Crippen LogP contribution in [0.5, 0.6) is 5.75 Å². The molecule has 1 aliphatic rings. The van der Waals surface area contributed by atoms with E-state index in [4.69, 9.17) is 9.47 Å². The maximum absolute atomic E-state index is 12.7. The normalized spacial score (nSPS) is 15.1. The number of morpholine rings is 1. The molecule has 1 fully saturated rings. The van der Waals surface area contributed by atoms with E-state index in [9.17, 15) is 21.6 Å². The quantitative estimate of drug-likeness (QED) is 0.561. The summed E-state index contributed by atoms with van der Waals surface area (Å²) in [4.78, 5) is 12.6. The average Bonchev–Trinajstić information content (AvgIpc) is 2.77. The van der Waals surface area contributed by atoms with Gasteiger partial charge < -0.3 is 20.1 Å². The second kappa shape index (κ2) is 10.1. The van der Waals surface area contributed by atoms with Crippen molar-refractivity contribution in [2.24, 2.45) is 0 Å². The molecule has 0 radical (unpaired) electrons. The molecule has 0 atom stereocenters. The number of ether oxygens (including phenoxy) is 2. The number of hydrogen-bond acceptors (Lipinski definition) is 8. The van der Waals surface area contributed by atoms with E-state index in [1.54, 1.807) is 13.0 Å². The Balaban J connectivity index is 1.67. The van der Waals surface area contributed by atoms with Gasteiger partial charge in [-0.2, -0.15) is 4.31 Å². The molecule has 1 heterocycles. The number of carbonyl (C=O) groups is 1. The molecule has 2 aromatic carbocycles. The van der Waals surface area contributed by atoms with Gasteiger partial charge in [0.05, 0.1) is 37.5 Å². The number of benzene rings is 2. The molecule has 0 bridgehead atoms. The van der Waals surface area contributed by atoms with E-state index >= 15 is 0 Å². The zero-order valence-corrected chi connectivity index (χ0v) is 20.3. The fourth-order valence-electron chi connectivity index (χ4n) is 3.38. The van der Waals surface area contributed by atoms with Crippen molar-refractivity contribution in [3.8, 4) is 5.75 Å². The van der Waals surface area contributed by atoms with Crippen LogP contribution < -0.4 is 15.4 Å². The Labute approximate surface area is 193 Å². The summed E-state index contributed by atoms with van der Waals surface area (Å²) in [7, 11) is -5.79. The van der Waals surface area contributed by atoms with Gasteiger partial charge in [0.25, 0.3) is 0 Å². The van der Waals surface area contributed by atoms with E-state index < -0.39 is 25.8 Å². The number of hydrogen-bond donors (Lipinski definition) is 2. The first-order valence-corrected chi connectivity index (χ1v) is 13.5. The summed E-state index contributed by atoms with van der Waals surface area (Å²) in [5.74, 6) is -0.267. The molecule has 33 heavy (non-hydrogen) atoms. The van der Waals surface area contributed by atoms with Crippen molar-refractivity contribution in [3.05, 3.63) is 42.0 Å². The molecule has 1 amide bonds. The van der Waals surface area contributed by atoms with Gasteiger partial charge in [-0.3, -0.25) is 4.79 Å². The first-order chi connectivity index (χ1) is 15.5. The first kappa shape index (κ1) is 25.0. The minimum Gasteiger partial charge on any atom is -0.493 e. The highest BCUT2D eigenvalue weighted by Gasteiger charge is 2.26. The van der Waals surface area contributed by atoms with E-state index in [-0.39, 0.29) is 22.1 Å². The summed E-state index contributed by atoms with van der Waals surface area (Å²) in [5.41, 5.74) is 1.49. The second-order valence-electron chi connectivity index (χ2n) is 7.56. The molecule has 2 aromatic rings. The first-order valence-electron chi connectivity index (χ1n) is 10.1. The molecule has 0 saturated carbocycles. The zero-order valence-electron chi connectivity index (χ0n) is 18.6. The third-order valence-corrected chi connectivity index (χ3v) is 8.00. The van der Waals surface area contributed by atoms with E-state index in [0.717, 1.165) is 6.26 Å². The average molecular weight is 498 g/mol. The smallest absolute Gasteiger partial charge is 0.243 e. The predicted octanol–water partition coefficient (Wildman–Crippen LogP) is 1.48. The predicted molar refractivity (Wildman–Crippen MR) is 124 cm³/mol. The van der Waals surface area contributed by atoms with Gasteiger partial charge in [0.15, 0.2) is 15.6 Å². The summed E-state index contributed by atoms with van der Waals surface area (Å²) < 4.78 is 61.3. The molecule has 0 aliphatic carbocycles. The van der Waals surface area contributed by atoms with Crippen molar-refractivity contribution >= 4 is 37.1 Å². The lowest BCUT2D eigenvalue weighted by Crippen LogP contribution is -2.40. The molecule has 3 rings (SSSR count). The molecular formula is C21H27N3O7S2. The van der Waals surface area contributed by atoms with Gasteiger partial charge in [-0.1, -0.05) is 0 Å². The monoisotopic (exact) mass is 497 g/mol. The Morgan fingerprint density at radius 2 is 1.73 bits per heavy atom. The highest BCUT2D eigenvalue weighted by atomic mass is 32.2. The van der Waals surface area contributed by atoms with E-state index in [2.05, 4.69) is 10.6 Å². The largest absolute Gasteiger partial charge is 0.493 e. The molecule has 1 saturated heterocycles. The number of aryl methyl sites for hydroxylation is 1. The number of sulfone groups is 1. The van der Waals surface area contributed by atoms with Crippen LogP contribution in [-0.2, 0) is 29.4 Å². The summed E-state index contributed by atoms with van der Waals surface area (Å²) in [6.07, 6.45) is 1.09. The third kappa shape index (κ3) is 6.02. The maximum atomic E-state index is 12.7. The van der Waals surface area contributed by atoms with Crippen LogP contribution in [0, 0.1) is 6.92 Å². The lowest BCUT2D eigenvalue weighted by Gasteiger charge is -2.26. The van der Waals surface area contributed by atoms with Gasteiger partial charge >= 0.3 is 0 Å². The van der Waals surface area contributed by atoms with Crippen LogP contribution in [0.4, 0.5) is 11.4 Å². The number of nitrogens with zero attached hydrogens (tertiary/aromatic N) is 1. The van der Waals surface area contributed by atoms with Crippen LogP contribution in [0.15, 0.2) is 46.2 Å². The van der Waals surface area contributed by atoms with E-state index in [1.807, 2.05) is 0 Å². The minimum absolute atomic E-state index is 0.0324. The lowest BCUT2D eigenvalue weighted by molar-refractivity contribution is -0.114. The van der Waals surface area contributed by atoms with Crippen LogP contribution in [0.1, 0.15) is 5.56 Å². The molecule has 0 spiro atoms. The third-order valence-electron chi connectivity index (χ3n) is 4.99. The topological polar surface area (TPSA) is 131 Å². The fraction of sp³-hybridized carbons (Fsp3) is 0.381. The number of amides is 1. The van der Waals surface area contributed by atoms with Crippen molar-refractivity contribution < 1.29 is 31.1 Å². The molecule has 0 unspecified atom stereocenters. The Morgan fingerprint density at radius 1 is 1.09 bits per heavy atom. The van der Waals surface area contributed by atoms with Crippen LogP contribution >= 0.6 is 0 Å². The summed E-state index contributed by atoms with van der Waals surface area (Å²) in [5, 5.41) is 5.58. The van der Waals surface area contributed by atoms with Gasteiger partial charge in [0.1, 0.15) is 4.90 Å². The standard InChI is InChI=1S/C21H27N3O7S2/c1-15-12-18(21(30-2)19(13-15)32(3,26)27)22-14-20(25)23-16-4-6-17(7-5-16)33(28,29)24-8-10-31-11-9-24/h4-7,12-13,22H,8-11,14H2,1-3H3,(H,23,25). The van der Waals surface area contributed by atoms with Crippen molar-refractivity contribution in [1.82, 2.24) is 4.31 Å². The second-order valence-corrected chi connectivity index (χ2v) is 11.5. The van der Waals surface area contributed by atoms with Crippen LogP contribution in [0.2, 0.25) is 0 Å². The molecule has 180 valence electrons. The Bertz CT molecular complexity index is 1220. The van der Waals surface area contributed by atoms with Gasteiger partial charge in [0, 0.05) is 25.0 Å². The van der Waals surface area contributed by atoms with Crippen LogP contribution in [-0.4, -0.2) is 73.3 Å². The summed E-state index contributed by atoms with van der Waals surface area (Å²) >= 11 is 0. The molecule has 10 nitrogen and oxygen atoms in total. The summed E-state index contributed by atoms with van der Waals surface area (Å²) in [6.45, 7) is 2.91. The van der Waals surface area contributed by atoms with Gasteiger partial charge in [-0.15, -0.1) is 0 Å². The lowest BCUT2D eigenvalue weighted by atomic mass is 10.2. The van der Waals surface area contributed by atoms with E-state index in [0.29, 0.717) is 43.2 Å². The highest BCUT2D eigenvalue weighted by Crippen LogP contribution is 2.33. The van der Waals surface area contributed by atoms with Gasteiger partial charge in [-0.25, -0.2) is 16.8 Å². The van der Waals surface area contributed by atoms with Crippen molar-refractivity contribution in [3.63, 3.8) is 0 Å². The van der Waals surface area contributed by atoms with Gasteiger partial charge in [0.2, 0.25) is 15.9 Å². The fourth-order valence-corrected chi connectivity index (χ4v) is 5.72. The number of rotatable bonds is 8. The van der Waals surface area contributed by atoms with Crippen molar-refractivity contribution in [1.29, 1.82) is 0 Å². The Hall–Kier alpha value is -2.67. The molecule has 2 N–H and O–H groups in total. The Morgan fingerprint density at radius 3 is 2.30 bits per heavy atom. The number of nitrogens with one attached hydrogen (secondary N) is 2. The SMILES string of the molecule is COc1c(NCC(=O)Nc2ccc(S(=O)(=O)N3CCOCC3)cc2)cc(C)cc1S(C)(=O)=O. The summed E-state index contributed by atoms with van der Waals surface area (Å²) in [6, 6.07) is 9.10. The highest BCUT2D eigenvalue weighted by molar-refractivity contribution is 7.90. The number of methoxy groups -OCH3 is 1. The van der Waals surface area contributed by atoms with Gasteiger partial charge in [-0.05, 0) is 48.9 Å². The molecule has 1 aliphatic heterocycles. The van der Waals surface area contributed by atoms with Crippen molar-refractivity contribution in [2.75, 3.05) is 56.8 Å². The minimum atomic E-state index is -3.62. The number of sulfonamides is 1. The number of anilines is 2. The maximum Gasteiger partial charge on any atom is 0.243 e. The molecular weight excluding hydrogens is 470 g/mol. The number of carbonyl (C=O) groups excluding carboxylic acids is 1. The molecule has 12 heteroatoms. The van der Waals surface area contributed by atoms with E-state index in [1.165, 1.54) is 41.7 Å². The Kier molecular flexibility index (Phi) is 7.62. The zero-order chi connectivity index (χ0) is 24.2.